The summed E-state index contributed by atoms with van der Waals surface area (Å²) in [6.45, 7) is 2.71. The fourth-order valence-electron chi connectivity index (χ4n) is 2.27. The average molecular weight is 287 g/mol. The summed E-state index contributed by atoms with van der Waals surface area (Å²) in [6, 6.07) is 14.9. The summed E-state index contributed by atoms with van der Waals surface area (Å²) < 4.78 is 13.2. The molecule has 0 heterocycles. The van der Waals surface area contributed by atoms with Gasteiger partial charge >= 0.3 is 0 Å². The van der Waals surface area contributed by atoms with Crippen LogP contribution in [-0.2, 0) is 6.54 Å². The van der Waals surface area contributed by atoms with Crippen LogP contribution >= 0.6 is 0 Å². The maximum Gasteiger partial charge on any atom is 0.127 e. The summed E-state index contributed by atoms with van der Waals surface area (Å²) in [7, 11) is 2.10. The van der Waals surface area contributed by atoms with E-state index >= 15 is 0 Å². The molecule has 2 aromatic carbocycles. The fourth-order valence-corrected chi connectivity index (χ4v) is 2.27. The third-order valence-electron chi connectivity index (χ3n) is 3.26. The summed E-state index contributed by atoms with van der Waals surface area (Å²) in [4.78, 5) is 2.27. The normalized spacial score (nSPS) is 10.8. The molecule has 2 aromatic rings. The van der Waals surface area contributed by atoms with Crippen molar-refractivity contribution in [3.8, 4) is 0 Å². The zero-order chi connectivity index (χ0) is 15.1. The first-order valence-corrected chi connectivity index (χ1v) is 7.16. The standard InChI is InChI=1S/C17H22FN3/c1-21(13-14-6-3-2-4-7-14)9-5-8-20-17-11-15(18)10-16(19)12-17/h2-4,6-7,10-12,20H,5,8-9,13,19H2,1H3. The van der Waals surface area contributed by atoms with Gasteiger partial charge in [-0.2, -0.15) is 0 Å². The van der Waals surface area contributed by atoms with E-state index in [1.807, 2.05) is 6.07 Å². The Labute approximate surface area is 125 Å². The zero-order valence-electron chi connectivity index (χ0n) is 12.3. The lowest BCUT2D eigenvalue weighted by molar-refractivity contribution is 0.325. The molecule has 0 aliphatic heterocycles. The van der Waals surface area contributed by atoms with Gasteiger partial charge in [-0.05, 0) is 43.8 Å². The van der Waals surface area contributed by atoms with Crippen molar-refractivity contribution < 1.29 is 4.39 Å². The molecule has 0 unspecified atom stereocenters. The van der Waals surface area contributed by atoms with Crippen LogP contribution in [0.3, 0.4) is 0 Å². The largest absolute Gasteiger partial charge is 0.399 e. The molecule has 0 spiro atoms. The van der Waals surface area contributed by atoms with Gasteiger partial charge in [0.2, 0.25) is 0 Å². The van der Waals surface area contributed by atoms with Gasteiger partial charge in [-0.1, -0.05) is 30.3 Å². The van der Waals surface area contributed by atoms with E-state index in [0.29, 0.717) is 5.69 Å². The molecule has 0 amide bonds. The molecule has 21 heavy (non-hydrogen) atoms. The van der Waals surface area contributed by atoms with Crippen molar-refractivity contribution in [1.29, 1.82) is 0 Å². The van der Waals surface area contributed by atoms with Crippen molar-refractivity contribution in [2.45, 2.75) is 13.0 Å². The van der Waals surface area contributed by atoms with E-state index in [1.54, 1.807) is 6.07 Å². The second-order valence-corrected chi connectivity index (χ2v) is 5.28. The number of nitrogen functional groups attached to an aromatic ring is 1. The minimum absolute atomic E-state index is 0.307. The Morgan fingerprint density at radius 2 is 1.90 bits per heavy atom. The van der Waals surface area contributed by atoms with Gasteiger partial charge in [0.25, 0.3) is 0 Å². The Bertz CT molecular complexity index is 537. The molecule has 112 valence electrons. The maximum atomic E-state index is 13.2. The molecule has 0 aliphatic carbocycles. The third kappa shape index (κ3) is 5.44. The molecule has 0 atom stereocenters. The van der Waals surface area contributed by atoms with E-state index in [9.17, 15) is 4.39 Å². The number of nitrogens with zero attached hydrogens (tertiary/aromatic N) is 1. The van der Waals surface area contributed by atoms with Gasteiger partial charge in [-0.15, -0.1) is 0 Å². The molecule has 0 bridgehead atoms. The Kier molecular flexibility index (Phi) is 5.58. The number of benzene rings is 2. The van der Waals surface area contributed by atoms with Crippen LogP contribution in [0.25, 0.3) is 0 Å². The highest BCUT2D eigenvalue weighted by Crippen LogP contribution is 2.15. The summed E-state index contributed by atoms with van der Waals surface area (Å²) in [5.74, 6) is -0.307. The molecule has 0 aliphatic rings. The molecule has 0 saturated carbocycles. The van der Waals surface area contributed by atoms with Crippen LogP contribution in [-0.4, -0.2) is 25.0 Å². The number of hydrogen-bond acceptors (Lipinski definition) is 3. The predicted octanol–water partition coefficient (Wildman–Crippen LogP) is 3.34. The first kappa shape index (κ1) is 15.3. The van der Waals surface area contributed by atoms with Crippen LogP contribution in [0.2, 0.25) is 0 Å². The van der Waals surface area contributed by atoms with Gasteiger partial charge in [-0.3, -0.25) is 0 Å². The fraction of sp³-hybridized carbons (Fsp3) is 0.294. The molecule has 3 N–H and O–H groups in total. The predicted molar refractivity (Wildman–Crippen MR) is 86.7 cm³/mol. The molecular weight excluding hydrogens is 265 g/mol. The third-order valence-corrected chi connectivity index (χ3v) is 3.26. The van der Waals surface area contributed by atoms with Crippen LogP contribution < -0.4 is 11.1 Å². The van der Waals surface area contributed by atoms with Crippen molar-refractivity contribution >= 4 is 11.4 Å². The topological polar surface area (TPSA) is 41.3 Å². The average Bonchev–Trinajstić information content (AvgIpc) is 2.44. The summed E-state index contributed by atoms with van der Waals surface area (Å²) in [5, 5.41) is 3.20. The molecule has 2 rings (SSSR count). The van der Waals surface area contributed by atoms with Crippen LogP contribution in [0.4, 0.5) is 15.8 Å². The van der Waals surface area contributed by atoms with Crippen molar-refractivity contribution in [1.82, 2.24) is 4.90 Å². The number of anilines is 2. The number of rotatable bonds is 7. The highest BCUT2D eigenvalue weighted by molar-refractivity contribution is 5.54. The van der Waals surface area contributed by atoms with Crippen molar-refractivity contribution in [2.75, 3.05) is 31.2 Å². The Morgan fingerprint density at radius 1 is 1.14 bits per heavy atom. The van der Waals surface area contributed by atoms with E-state index in [4.69, 9.17) is 5.73 Å². The minimum Gasteiger partial charge on any atom is -0.399 e. The minimum atomic E-state index is -0.307. The Hall–Kier alpha value is -2.07. The second kappa shape index (κ2) is 7.64. The van der Waals surface area contributed by atoms with Gasteiger partial charge in [0, 0.05) is 24.5 Å². The first-order chi connectivity index (χ1) is 10.1. The molecule has 0 radical (unpaired) electrons. The van der Waals surface area contributed by atoms with Crippen LogP contribution in [0.1, 0.15) is 12.0 Å². The lowest BCUT2D eigenvalue weighted by atomic mass is 10.2. The second-order valence-electron chi connectivity index (χ2n) is 5.28. The van der Waals surface area contributed by atoms with Crippen molar-refractivity contribution in [3.05, 3.63) is 59.9 Å². The molecular formula is C17H22FN3. The van der Waals surface area contributed by atoms with Gasteiger partial charge in [-0.25, -0.2) is 4.39 Å². The number of nitrogens with one attached hydrogen (secondary N) is 1. The molecule has 3 nitrogen and oxygen atoms in total. The maximum absolute atomic E-state index is 13.2. The van der Waals surface area contributed by atoms with Crippen LogP contribution in [0.15, 0.2) is 48.5 Å². The summed E-state index contributed by atoms with van der Waals surface area (Å²) in [6.07, 6.45) is 0.986. The van der Waals surface area contributed by atoms with Crippen LogP contribution in [0, 0.1) is 5.82 Å². The van der Waals surface area contributed by atoms with E-state index < -0.39 is 0 Å². The number of nitrogens with two attached hydrogens (primary N) is 1. The summed E-state index contributed by atoms with van der Waals surface area (Å²) >= 11 is 0. The smallest absolute Gasteiger partial charge is 0.127 e. The molecule has 4 heteroatoms. The number of hydrogen-bond donors (Lipinski definition) is 2. The zero-order valence-corrected chi connectivity index (χ0v) is 12.3. The van der Waals surface area contributed by atoms with Crippen LogP contribution in [0.5, 0.6) is 0 Å². The SMILES string of the molecule is CN(CCCNc1cc(N)cc(F)c1)Cc1ccccc1. The van der Waals surface area contributed by atoms with Gasteiger partial charge in [0.15, 0.2) is 0 Å². The van der Waals surface area contributed by atoms with Crippen molar-refractivity contribution in [3.63, 3.8) is 0 Å². The highest BCUT2D eigenvalue weighted by Gasteiger charge is 2.01. The van der Waals surface area contributed by atoms with Gasteiger partial charge in [0.05, 0.1) is 0 Å². The number of halogens is 1. The van der Waals surface area contributed by atoms with E-state index in [-0.39, 0.29) is 5.82 Å². The van der Waals surface area contributed by atoms with Gasteiger partial charge in [0.1, 0.15) is 5.82 Å². The lowest BCUT2D eigenvalue weighted by Gasteiger charge is -2.17. The summed E-state index contributed by atoms with van der Waals surface area (Å²) in [5.41, 5.74) is 8.10. The first-order valence-electron chi connectivity index (χ1n) is 7.16. The highest BCUT2D eigenvalue weighted by atomic mass is 19.1. The lowest BCUT2D eigenvalue weighted by Crippen LogP contribution is -2.21. The van der Waals surface area contributed by atoms with E-state index in [0.717, 1.165) is 31.7 Å². The Balaban J connectivity index is 1.69. The van der Waals surface area contributed by atoms with E-state index in [2.05, 4.69) is 41.5 Å². The molecule has 0 fully saturated rings. The quantitative estimate of drug-likeness (QED) is 0.606. The van der Waals surface area contributed by atoms with Gasteiger partial charge < -0.3 is 16.0 Å². The monoisotopic (exact) mass is 287 g/mol. The van der Waals surface area contributed by atoms with E-state index in [1.165, 1.54) is 17.7 Å². The molecule has 0 aromatic heterocycles. The Morgan fingerprint density at radius 3 is 2.62 bits per heavy atom. The molecule has 0 saturated heterocycles. The van der Waals surface area contributed by atoms with Crippen molar-refractivity contribution in [2.24, 2.45) is 0 Å².